The molecule has 5 rings (SSSR count). The molecule has 28 heavy (non-hydrogen) atoms. The van der Waals surface area contributed by atoms with E-state index in [1.54, 1.807) is 6.07 Å². The number of phenolic OH excluding ortho intramolecular Hbond substituents is 1. The van der Waals surface area contributed by atoms with Crippen molar-refractivity contribution in [2.75, 3.05) is 19.6 Å². The molecule has 2 atom stereocenters. The Kier molecular flexibility index (Phi) is 4.26. The van der Waals surface area contributed by atoms with E-state index in [4.69, 9.17) is 11.6 Å². The largest absolute Gasteiger partial charge is 0.508 e. The minimum Gasteiger partial charge on any atom is -0.508 e. The van der Waals surface area contributed by atoms with E-state index in [1.165, 1.54) is 27.7 Å². The number of hydrogen-bond donors (Lipinski definition) is 2. The molecule has 2 N–H and O–H groups in total. The molecule has 1 aromatic heterocycles. The summed E-state index contributed by atoms with van der Waals surface area (Å²) < 4.78 is 0. The van der Waals surface area contributed by atoms with E-state index >= 15 is 0 Å². The Morgan fingerprint density at radius 3 is 3.00 bits per heavy atom. The van der Waals surface area contributed by atoms with Crippen molar-refractivity contribution in [2.45, 2.75) is 24.7 Å². The first-order valence-corrected chi connectivity index (χ1v) is 10.4. The molecule has 0 bridgehead atoms. The Balaban J connectivity index is 1.64. The lowest BCUT2D eigenvalue weighted by Gasteiger charge is -2.51. The van der Waals surface area contributed by atoms with Gasteiger partial charge in [0.25, 0.3) is 0 Å². The van der Waals surface area contributed by atoms with Gasteiger partial charge in [-0.05, 0) is 73.2 Å². The maximum atomic E-state index is 10.2. The summed E-state index contributed by atoms with van der Waals surface area (Å²) in [7, 11) is 0. The van der Waals surface area contributed by atoms with Crippen molar-refractivity contribution in [3.05, 3.63) is 77.0 Å². The molecule has 1 saturated heterocycles. The normalized spacial score (nSPS) is 24.7. The number of hydrogen-bond acceptors (Lipinski definition) is 2. The van der Waals surface area contributed by atoms with Crippen LogP contribution in [0.25, 0.3) is 10.9 Å². The SMILES string of the molecule is C=CCN1CC[C@]2(c3cccc(O)c3)Cc3[nH]c4ccc(Cl)cc4c3CC2C1. The minimum absolute atomic E-state index is 0.0497. The fourth-order valence-corrected chi connectivity index (χ4v) is 5.67. The molecule has 0 spiro atoms. The molecule has 4 heteroatoms. The molecule has 3 aromatic rings. The van der Waals surface area contributed by atoms with Gasteiger partial charge in [0.05, 0.1) is 0 Å². The number of benzene rings is 2. The zero-order valence-corrected chi connectivity index (χ0v) is 16.7. The summed E-state index contributed by atoms with van der Waals surface area (Å²) in [5.74, 6) is 0.849. The first kappa shape index (κ1) is 17.8. The minimum atomic E-state index is 0.0497. The summed E-state index contributed by atoms with van der Waals surface area (Å²) in [5, 5.41) is 12.2. The zero-order chi connectivity index (χ0) is 19.3. The van der Waals surface area contributed by atoms with Crippen LogP contribution in [-0.2, 0) is 18.3 Å². The second-order valence-corrected chi connectivity index (χ2v) is 8.79. The van der Waals surface area contributed by atoms with E-state index in [-0.39, 0.29) is 5.41 Å². The number of aromatic amines is 1. The van der Waals surface area contributed by atoms with Crippen LogP contribution in [0.5, 0.6) is 5.75 Å². The van der Waals surface area contributed by atoms with Gasteiger partial charge in [-0.25, -0.2) is 0 Å². The van der Waals surface area contributed by atoms with E-state index in [2.05, 4.69) is 34.7 Å². The summed E-state index contributed by atoms with van der Waals surface area (Å²) in [6.45, 7) is 6.96. The lowest BCUT2D eigenvalue weighted by atomic mass is 9.58. The van der Waals surface area contributed by atoms with Crippen LogP contribution in [0.1, 0.15) is 23.2 Å². The fourth-order valence-electron chi connectivity index (χ4n) is 5.50. The van der Waals surface area contributed by atoms with Crippen LogP contribution in [0.2, 0.25) is 5.02 Å². The van der Waals surface area contributed by atoms with Crippen molar-refractivity contribution in [2.24, 2.45) is 5.92 Å². The van der Waals surface area contributed by atoms with Crippen molar-refractivity contribution in [3.63, 3.8) is 0 Å². The summed E-state index contributed by atoms with van der Waals surface area (Å²) in [6, 6.07) is 14.0. The van der Waals surface area contributed by atoms with Gasteiger partial charge in [0.2, 0.25) is 0 Å². The summed E-state index contributed by atoms with van der Waals surface area (Å²) >= 11 is 6.30. The average Bonchev–Trinajstić information content (AvgIpc) is 3.03. The molecule has 0 radical (unpaired) electrons. The molecule has 1 aliphatic heterocycles. The summed E-state index contributed by atoms with van der Waals surface area (Å²) in [5.41, 5.74) is 5.22. The quantitative estimate of drug-likeness (QED) is 0.610. The molecule has 144 valence electrons. The molecular formula is C24H25ClN2O. The maximum Gasteiger partial charge on any atom is 0.115 e. The lowest BCUT2D eigenvalue weighted by molar-refractivity contribution is 0.0896. The molecule has 2 heterocycles. The predicted molar refractivity (Wildman–Crippen MR) is 115 cm³/mol. The third-order valence-electron chi connectivity index (χ3n) is 6.84. The van der Waals surface area contributed by atoms with E-state index in [9.17, 15) is 5.11 Å². The first-order chi connectivity index (χ1) is 13.6. The number of halogens is 1. The van der Waals surface area contributed by atoms with Crippen LogP contribution < -0.4 is 0 Å². The number of likely N-dealkylation sites (tertiary alicyclic amines) is 1. The molecule has 2 aromatic carbocycles. The Morgan fingerprint density at radius 2 is 2.18 bits per heavy atom. The van der Waals surface area contributed by atoms with Crippen molar-refractivity contribution in [1.29, 1.82) is 0 Å². The molecule has 3 nitrogen and oxygen atoms in total. The number of aromatic hydroxyl groups is 1. The van der Waals surface area contributed by atoms with Gasteiger partial charge in [0, 0.05) is 40.1 Å². The van der Waals surface area contributed by atoms with Crippen LogP contribution in [0, 0.1) is 5.92 Å². The number of fused-ring (bicyclic) bond motifs is 4. The van der Waals surface area contributed by atoms with Crippen LogP contribution in [0.3, 0.4) is 0 Å². The zero-order valence-electron chi connectivity index (χ0n) is 15.9. The molecular weight excluding hydrogens is 368 g/mol. The highest BCUT2D eigenvalue weighted by molar-refractivity contribution is 6.31. The van der Waals surface area contributed by atoms with Gasteiger partial charge in [-0.3, -0.25) is 4.90 Å². The highest BCUT2D eigenvalue weighted by Crippen LogP contribution is 2.49. The van der Waals surface area contributed by atoms with E-state index < -0.39 is 0 Å². The average molecular weight is 393 g/mol. The number of H-pyrrole nitrogens is 1. The third-order valence-corrected chi connectivity index (χ3v) is 7.08. The van der Waals surface area contributed by atoms with Crippen LogP contribution in [0.15, 0.2) is 55.1 Å². The summed E-state index contributed by atoms with van der Waals surface area (Å²) in [6.07, 6.45) is 5.09. The fraction of sp³-hybridized carbons (Fsp3) is 0.333. The van der Waals surface area contributed by atoms with Crippen LogP contribution >= 0.6 is 11.6 Å². The smallest absolute Gasteiger partial charge is 0.115 e. The third kappa shape index (κ3) is 2.76. The number of nitrogens with one attached hydrogen (secondary N) is 1. The lowest BCUT2D eigenvalue weighted by Crippen LogP contribution is -2.53. The Bertz CT molecular complexity index is 1060. The number of rotatable bonds is 3. The molecule has 1 aliphatic carbocycles. The van der Waals surface area contributed by atoms with Gasteiger partial charge in [-0.2, -0.15) is 0 Å². The van der Waals surface area contributed by atoms with Gasteiger partial charge in [-0.15, -0.1) is 6.58 Å². The Hall–Kier alpha value is -2.23. The second kappa shape index (κ2) is 6.68. The van der Waals surface area contributed by atoms with Gasteiger partial charge in [0.15, 0.2) is 0 Å². The standard InChI is InChI=1S/C24H25ClN2O/c1-2-9-27-10-8-24(16-4-3-5-19(28)11-16)14-23-20(12-17(24)15-27)21-13-18(25)6-7-22(21)26-23/h2-7,11,13,17,26,28H,1,8-10,12,14-15H2/t17?,24-/m1/s1. The van der Waals surface area contributed by atoms with E-state index in [0.29, 0.717) is 11.7 Å². The molecule has 1 fully saturated rings. The Labute approximate surface area is 170 Å². The van der Waals surface area contributed by atoms with Crippen molar-refractivity contribution in [1.82, 2.24) is 9.88 Å². The van der Waals surface area contributed by atoms with Gasteiger partial charge >= 0.3 is 0 Å². The van der Waals surface area contributed by atoms with Gasteiger partial charge in [-0.1, -0.05) is 29.8 Å². The first-order valence-electron chi connectivity index (χ1n) is 10.0. The van der Waals surface area contributed by atoms with Gasteiger partial charge in [0.1, 0.15) is 5.75 Å². The molecule has 1 unspecified atom stereocenters. The van der Waals surface area contributed by atoms with Gasteiger partial charge < -0.3 is 10.1 Å². The molecule has 0 saturated carbocycles. The van der Waals surface area contributed by atoms with E-state index in [0.717, 1.165) is 43.9 Å². The van der Waals surface area contributed by atoms with Crippen molar-refractivity contribution in [3.8, 4) is 5.75 Å². The van der Waals surface area contributed by atoms with Crippen LogP contribution in [0.4, 0.5) is 0 Å². The second-order valence-electron chi connectivity index (χ2n) is 8.35. The highest BCUT2D eigenvalue weighted by atomic mass is 35.5. The topological polar surface area (TPSA) is 39.3 Å². The molecule has 2 aliphatic rings. The number of aromatic nitrogens is 1. The molecule has 0 amide bonds. The number of phenols is 1. The maximum absolute atomic E-state index is 10.2. The number of nitrogens with zero attached hydrogens (tertiary/aromatic N) is 1. The van der Waals surface area contributed by atoms with Crippen LogP contribution in [-0.4, -0.2) is 34.6 Å². The Morgan fingerprint density at radius 1 is 1.29 bits per heavy atom. The summed E-state index contributed by atoms with van der Waals surface area (Å²) in [4.78, 5) is 6.18. The number of piperidine rings is 1. The highest BCUT2D eigenvalue weighted by Gasteiger charge is 2.47. The monoisotopic (exact) mass is 392 g/mol. The van der Waals surface area contributed by atoms with E-state index in [1.807, 2.05) is 24.3 Å². The van der Waals surface area contributed by atoms with Crippen molar-refractivity contribution >= 4 is 22.5 Å². The predicted octanol–water partition coefficient (Wildman–Crippen LogP) is 5.07. The van der Waals surface area contributed by atoms with Crippen molar-refractivity contribution < 1.29 is 5.11 Å².